The first-order valence-corrected chi connectivity index (χ1v) is 4.49. The van der Waals surface area contributed by atoms with Crippen LogP contribution in [0.2, 0.25) is 0 Å². The molecule has 5 nitrogen and oxygen atoms in total. The summed E-state index contributed by atoms with van der Waals surface area (Å²) in [6.07, 6.45) is 0. The lowest BCUT2D eigenvalue weighted by Gasteiger charge is -2.06. The summed E-state index contributed by atoms with van der Waals surface area (Å²) in [5, 5.41) is 0. The molecule has 1 aromatic heterocycles. The Morgan fingerprint density at radius 3 is 1.93 bits per heavy atom. The Morgan fingerprint density at radius 1 is 1.00 bits per heavy atom. The van der Waals surface area contributed by atoms with E-state index in [1.807, 2.05) is 6.07 Å². The van der Waals surface area contributed by atoms with Gasteiger partial charge in [0.15, 0.2) is 0 Å². The molecule has 0 radical (unpaired) electrons. The summed E-state index contributed by atoms with van der Waals surface area (Å²) in [7, 11) is 0. The zero-order valence-electron chi connectivity index (χ0n) is 7.98. The fourth-order valence-corrected chi connectivity index (χ4v) is 0.884. The fraction of sp³-hybridized carbons (Fsp3) is 0.444. The highest BCUT2D eigenvalue weighted by Gasteiger charge is 1.98. The Bertz CT molecular complexity index is 245. The standard InChI is InChI=1S/C9H15N3O2/c10-4-6-13-8-2-1-3-9(12-8)14-7-5-11/h1-3H,4-7,10-11H2. The zero-order valence-corrected chi connectivity index (χ0v) is 7.98. The van der Waals surface area contributed by atoms with Gasteiger partial charge >= 0.3 is 0 Å². The van der Waals surface area contributed by atoms with Crippen LogP contribution in [0.3, 0.4) is 0 Å². The van der Waals surface area contributed by atoms with E-state index in [0.717, 1.165) is 0 Å². The number of hydrogen-bond donors (Lipinski definition) is 2. The van der Waals surface area contributed by atoms with E-state index < -0.39 is 0 Å². The third-order valence-electron chi connectivity index (χ3n) is 1.43. The predicted molar refractivity (Wildman–Crippen MR) is 53.3 cm³/mol. The lowest BCUT2D eigenvalue weighted by molar-refractivity contribution is 0.289. The lowest BCUT2D eigenvalue weighted by Crippen LogP contribution is -2.13. The van der Waals surface area contributed by atoms with Crippen molar-refractivity contribution in [3.63, 3.8) is 0 Å². The van der Waals surface area contributed by atoms with E-state index >= 15 is 0 Å². The molecule has 0 aliphatic carbocycles. The van der Waals surface area contributed by atoms with Crippen molar-refractivity contribution in [1.82, 2.24) is 4.98 Å². The molecule has 0 atom stereocenters. The first-order valence-electron chi connectivity index (χ1n) is 4.49. The molecule has 1 aromatic rings. The Labute approximate surface area is 83.0 Å². The molecule has 0 fully saturated rings. The van der Waals surface area contributed by atoms with Gasteiger partial charge in [0.1, 0.15) is 13.2 Å². The topological polar surface area (TPSA) is 83.4 Å². The number of aromatic nitrogens is 1. The van der Waals surface area contributed by atoms with E-state index in [4.69, 9.17) is 20.9 Å². The molecule has 78 valence electrons. The van der Waals surface area contributed by atoms with Crippen LogP contribution in [-0.2, 0) is 0 Å². The van der Waals surface area contributed by atoms with E-state index in [9.17, 15) is 0 Å². The fourth-order valence-electron chi connectivity index (χ4n) is 0.884. The number of nitrogens with two attached hydrogens (primary N) is 2. The smallest absolute Gasteiger partial charge is 0.216 e. The molecule has 5 heteroatoms. The SMILES string of the molecule is NCCOc1cccc(OCCN)n1. The molecular formula is C9H15N3O2. The molecule has 1 rings (SSSR count). The molecule has 0 bridgehead atoms. The average molecular weight is 197 g/mol. The van der Waals surface area contributed by atoms with E-state index in [1.165, 1.54) is 0 Å². The molecule has 0 aliphatic rings. The maximum absolute atomic E-state index is 5.29. The van der Waals surface area contributed by atoms with Crippen LogP contribution in [-0.4, -0.2) is 31.3 Å². The third-order valence-corrected chi connectivity index (χ3v) is 1.43. The van der Waals surface area contributed by atoms with E-state index in [0.29, 0.717) is 38.1 Å². The van der Waals surface area contributed by atoms with Crippen molar-refractivity contribution in [3.05, 3.63) is 18.2 Å². The Morgan fingerprint density at radius 2 is 1.50 bits per heavy atom. The van der Waals surface area contributed by atoms with Crippen molar-refractivity contribution >= 4 is 0 Å². The summed E-state index contributed by atoms with van der Waals surface area (Å²) < 4.78 is 10.5. The van der Waals surface area contributed by atoms with Gasteiger partial charge in [0.25, 0.3) is 0 Å². The number of rotatable bonds is 6. The lowest BCUT2D eigenvalue weighted by atomic mass is 10.5. The highest BCUT2D eigenvalue weighted by molar-refractivity contribution is 5.19. The van der Waals surface area contributed by atoms with Crippen LogP contribution in [0, 0.1) is 0 Å². The van der Waals surface area contributed by atoms with Gasteiger partial charge in [-0.2, -0.15) is 4.98 Å². The number of ether oxygens (including phenoxy) is 2. The second-order valence-corrected chi connectivity index (χ2v) is 2.59. The highest BCUT2D eigenvalue weighted by atomic mass is 16.5. The Balaban J connectivity index is 2.50. The van der Waals surface area contributed by atoms with Gasteiger partial charge in [-0.15, -0.1) is 0 Å². The summed E-state index contributed by atoms with van der Waals surface area (Å²) in [5.41, 5.74) is 10.6. The third kappa shape index (κ3) is 3.59. The normalized spacial score (nSPS) is 9.86. The minimum Gasteiger partial charge on any atom is -0.476 e. The molecule has 1 heterocycles. The summed E-state index contributed by atoms with van der Waals surface area (Å²) >= 11 is 0. The maximum atomic E-state index is 5.29. The van der Waals surface area contributed by atoms with Gasteiger partial charge in [0, 0.05) is 25.2 Å². The molecule has 0 saturated heterocycles. The van der Waals surface area contributed by atoms with Crippen LogP contribution in [0.25, 0.3) is 0 Å². The first-order chi connectivity index (χ1) is 6.86. The van der Waals surface area contributed by atoms with Gasteiger partial charge in [-0.3, -0.25) is 0 Å². The van der Waals surface area contributed by atoms with E-state index in [2.05, 4.69) is 4.98 Å². The van der Waals surface area contributed by atoms with Gasteiger partial charge in [0.2, 0.25) is 11.8 Å². The average Bonchev–Trinajstić information content (AvgIpc) is 2.24. The van der Waals surface area contributed by atoms with Crippen molar-refractivity contribution in [3.8, 4) is 11.8 Å². The summed E-state index contributed by atoms with van der Waals surface area (Å²) in [5.74, 6) is 1.04. The molecule has 4 N–H and O–H groups in total. The number of nitrogens with zero attached hydrogens (tertiary/aromatic N) is 1. The molecule has 0 amide bonds. The molecule has 0 unspecified atom stereocenters. The quantitative estimate of drug-likeness (QED) is 0.657. The van der Waals surface area contributed by atoms with Crippen LogP contribution in [0.5, 0.6) is 11.8 Å². The van der Waals surface area contributed by atoms with Crippen molar-refractivity contribution < 1.29 is 9.47 Å². The molecule has 0 saturated carbocycles. The second kappa shape index (κ2) is 6.17. The summed E-state index contributed by atoms with van der Waals surface area (Å²) in [6.45, 7) is 1.84. The maximum Gasteiger partial charge on any atom is 0.216 e. The van der Waals surface area contributed by atoms with Crippen LogP contribution in [0.15, 0.2) is 18.2 Å². The van der Waals surface area contributed by atoms with Crippen LogP contribution in [0.4, 0.5) is 0 Å². The zero-order chi connectivity index (χ0) is 10.2. The van der Waals surface area contributed by atoms with Crippen LogP contribution in [0.1, 0.15) is 0 Å². The van der Waals surface area contributed by atoms with Crippen LogP contribution < -0.4 is 20.9 Å². The van der Waals surface area contributed by atoms with Crippen molar-refractivity contribution in [2.75, 3.05) is 26.3 Å². The second-order valence-electron chi connectivity index (χ2n) is 2.59. The molecule has 0 aromatic carbocycles. The molecule has 0 spiro atoms. The van der Waals surface area contributed by atoms with Gasteiger partial charge < -0.3 is 20.9 Å². The Hall–Kier alpha value is -1.33. The Kier molecular flexibility index (Phi) is 4.74. The van der Waals surface area contributed by atoms with E-state index in [1.54, 1.807) is 12.1 Å². The van der Waals surface area contributed by atoms with Gasteiger partial charge in [-0.1, -0.05) is 6.07 Å². The van der Waals surface area contributed by atoms with Crippen molar-refractivity contribution in [2.45, 2.75) is 0 Å². The monoisotopic (exact) mass is 197 g/mol. The molecular weight excluding hydrogens is 182 g/mol. The van der Waals surface area contributed by atoms with Gasteiger partial charge in [0.05, 0.1) is 0 Å². The summed E-state index contributed by atoms with van der Waals surface area (Å²) in [6, 6.07) is 5.32. The van der Waals surface area contributed by atoms with Gasteiger partial charge in [-0.25, -0.2) is 0 Å². The van der Waals surface area contributed by atoms with Crippen molar-refractivity contribution in [1.29, 1.82) is 0 Å². The van der Waals surface area contributed by atoms with E-state index in [-0.39, 0.29) is 0 Å². The highest BCUT2D eigenvalue weighted by Crippen LogP contribution is 2.12. The molecule has 0 aliphatic heterocycles. The van der Waals surface area contributed by atoms with Gasteiger partial charge in [-0.05, 0) is 0 Å². The number of hydrogen-bond acceptors (Lipinski definition) is 5. The summed E-state index contributed by atoms with van der Waals surface area (Å²) in [4.78, 5) is 4.09. The van der Waals surface area contributed by atoms with Crippen LogP contribution >= 0.6 is 0 Å². The predicted octanol–water partition coefficient (Wildman–Crippen LogP) is -0.243. The molecule has 14 heavy (non-hydrogen) atoms. The minimum absolute atomic E-state index is 0.452. The van der Waals surface area contributed by atoms with Crippen molar-refractivity contribution in [2.24, 2.45) is 11.5 Å². The largest absolute Gasteiger partial charge is 0.476 e. The number of pyridine rings is 1. The first kappa shape index (κ1) is 10.7. The minimum atomic E-state index is 0.452.